The molecule has 0 aliphatic heterocycles. The molecule has 4 heteroatoms. The van der Waals surface area contributed by atoms with Crippen LogP contribution in [0.25, 0.3) is 0 Å². The second kappa shape index (κ2) is 6.34. The van der Waals surface area contributed by atoms with Crippen molar-refractivity contribution in [3.8, 4) is 0 Å². The Hall–Kier alpha value is -0.870. The monoisotopic (exact) mass is 267 g/mol. The third-order valence-corrected chi connectivity index (χ3v) is 4.48. The third-order valence-electron chi connectivity index (χ3n) is 3.55. The Morgan fingerprint density at radius 3 is 2.83 bits per heavy atom. The van der Waals surface area contributed by atoms with Gasteiger partial charge in [-0.1, -0.05) is 25.3 Å². The summed E-state index contributed by atoms with van der Waals surface area (Å²) in [5, 5.41) is 15.2. The van der Waals surface area contributed by atoms with Gasteiger partial charge in [-0.2, -0.15) is 0 Å². The van der Waals surface area contributed by atoms with E-state index in [0.29, 0.717) is 6.54 Å². The zero-order valence-corrected chi connectivity index (χ0v) is 11.5. The molecule has 0 atom stereocenters. The molecule has 0 unspecified atom stereocenters. The molecule has 18 heavy (non-hydrogen) atoms. The van der Waals surface area contributed by atoms with Crippen LogP contribution in [0.2, 0.25) is 0 Å². The molecule has 0 bridgehead atoms. The number of amides is 1. The van der Waals surface area contributed by atoms with E-state index >= 15 is 0 Å². The molecule has 0 radical (unpaired) electrons. The maximum atomic E-state index is 11.8. The number of thiophene rings is 1. The van der Waals surface area contributed by atoms with Gasteiger partial charge >= 0.3 is 0 Å². The highest BCUT2D eigenvalue weighted by atomic mass is 32.1. The van der Waals surface area contributed by atoms with E-state index in [9.17, 15) is 9.90 Å². The Kier molecular flexibility index (Phi) is 4.78. The van der Waals surface area contributed by atoms with Gasteiger partial charge in [0.05, 0.1) is 12.0 Å². The molecule has 1 saturated carbocycles. The van der Waals surface area contributed by atoms with E-state index in [1.807, 2.05) is 11.4 Å². The van der Waals surface area contributed by atoms with Crippen LogP contribution in [0.5, 0.6) is 0 Å². The molecule has 0 aromatic carbocycles. The van der Waals surface area contributed by atoms with Crippen molar-refractivity contribution >= 4 is 17.2 Å². The van der Waals surface area contributed by atoms with Gasteiger partial charge in [-0.15, -0.1) is 11.3 Å². The first-order valence-corrected chi connectivity index (χ1v) is 7.57. The molecule has 1 aliphatic carbocycles. The molecule has 1 aromatic rings. The average Bonchev–Trinajstić information content (AvgIpc) is 2.82. The number of rotatable bonds is 5. The number of hydrogen-bond donors (Lipinski definition) is 2. The SMILES string of the molecule is O=C(CC1(O)CCCCC1)NCCc1cccs1. The van der Waals surface area contributed by atoms with Crippen molar-refractivity contribution in [2.24, 2.45) is 0 Å². The molecule has 1 aromatic heterocycles. The van der Waals surface area contributed by atoms with Gasteiger partial charge in [0.1, 0.15) is 0 Å². The Bertz CT molecular complexity index is 369. The van der Waals surface area contributed by atoms with Gasteiger partial charge in [-0.25, -0.2) is 0 Å². The summed E-state index contributed by atoms with van der Waals surface area (Å²) in [5.41, 5.74) is -0.745. The van der Waals surface area contributed by atoms with E-state index < -0.39 is 5.60 Å². The van der Waals surface area contributed by atoms with Crippen molar-refractivity contribution in [1.82, 2.24) is 5.32 Å². The molecule has 2 rings (SSSR count). The van der Waals surface area contributed by atoms with Crippen molar-refractivity contribution in [2.45, 2.75) is 50.5 Å². The molecule has 1 fully saturated rings. The third kappa shape index (κ3) is 4.10. The van der Waals surface area contributed by atoms with Crippen LogP contribution in [0.1, 0.15) is 43.4 Å². The minimum Gasteiger partial charge on any atom is -0.389 e. The predicted octanol–water partition coefficient (Wildman–Crippen LogP) is 2.49. The smallest absolute Gasteiger partial charge is 0.222 e. The van der Waals surface area contributed by atoms with Crippen molar-refractivity contribution in [2.75, 3.05) is 6.54 Å². The summed E-state index contributed by atoms with van der Waals surface area (Å²) in [6.45, 7) is 0.662. The highest BCUT2D eigenvalue weighted by Crippen LogP contribution is 2.30. The fourth-order valence-corrected chi connectivity index (χ4v) is 3.24. The maximum Gasteiger partial charge on any atom is 0.222 e. The standard InChI is InChI=1S/C14H21NO2S/c16-13(11-14(17)7-2-1-3-8-14)15-9-6-12-5-4-10-18-12/h4-5,10,17H,1-3,6-9,11H2,(H,15,16). The second-order valence-corrected chi connectivity index (χ2v) is 6.17. The molecular weight excluding hydrogens is 246 g/mol. The van der Waals surface area contributed by atoms with E-state index in [0.717, 1.165) is 32.1 Å². The number of nitrogens with one attached hydrogen (secondary N) is 1. The summed E-state index contributed by atoms with van der Waals surface area (Å²) in [7, 11) is 0. The zero-order chi connectivity index (χ0) is 12.8. The second-order valence-electron chi connectivity index (χ2n) is 5.14. The van der Waals surface area contributed by atoms with Gasteiger partial charge in [0.25, 0.3) is 0 Å². The molecule has 2 N–H and O–H groups in total. The Morgan fingerprint density at radius 1 is 1.39 bits per heavy atom. The van der Waals surface area contributed by atoms with E-state index in [1.54, 1.807) is 11.3 Å². The Morgan fingerprint density at radius 2 is 2.17 bits per heavy atom. The normalized spacial score (nSPS) is 18.5. The Balaban J connectivity index is 1.68. The Labute approximate surface area is 112 Å². The summed E-state index contributed by atoms with van der Waals surface area (Å²) in [6, 6.07) is 4.10. The minimum absolute atomic E-state index is 0.0176. The van der Waals surface area contributed by atoms with Crippen LogP contribution >= 0.6 is 11.3 Å². The topological polar surface area (TPSA) is 49.3 Å². The van der Waals surface area contributed by atoms with Crippen molar-refractivity contribution < 1.29 is 9.90 Å². The maximum absolute atomic E-state index is 11.8. The lowest BCUT2D eigenvalue weighted by Gasteiger charge is -2.31. The first-order chi connectivity index (χ1) is 8.68. The summed E-state index contributed by atoms with van der Waals surface area (Å²) in [6.07, 6.45) is 5.94. The van der Waals surface area contributed by atoms with E-state index in [1.165, 1.54) is 11.3 Å². The average molecular weight is 267 g/mol. The molecular formula is C14H21NO2S. The van der Waals surface area contributed by atoms with Gasteiger partial charge in [0.15, 0.2) is 0 Å². The number of carbonyl (C=O) groups is 1. The first-order valence-electron chi connectivity index (χ1n) is 6.69. The zero-order valence-electron chi connectivity index (χ0n) is 10.7. The summed E-state index contributed by atoms with van der Waals surface area (Å²) < 4.78 is 0. The van der Waals surface area contributed by atoms with E-state index in [-0.39, 0.29) is 12.3 Å². The lowest BCUT2D eigenvalue weighted by Crippen LogP contribution is -2.38. The fraction of sp³-hybridized carbons (Fsp3) is 0.643. The van der Waals surface area contributed by atoms with Gasteiger partial charge in [0, 0.05) is 11.4 Å². The highest BCUT2D eigenvalue weighted by molar-refractivity contribution is 7.09. The van der Waals surface area contributed by atoms with E-state index in [2.05, 4.69) is 11.4 Å². The summed E-state index contributed by atoms with van der Waals surface area (Å²) in [4.78, 5) is 13.1. The van der Waals surface area contributed by atoms with Crippen LogP contribution in [0.3, 0.4) is 0 Å². The van der Waals surface area contributed by atoms with Crippen LogP contribution in [0, 0.1) is 0 Å². The summed E-state index contributed by atoms with van der Waals surface area (Å²) >= 11 is 1.71. The van der Waals surface area contributed by atoms with Crippen molar-refractivity contribution in [3.05, 3.63) is 22.4 Å². The van der Waals surface area contributed by atoms with Crippen LogP contribution < -0.4 is 5.32 Å². The lowest BCUT2D eigenvalue weighted by molar-refractivity contribution is -0.127. The predicted molar refractivity (Wildman–Crippen MR) is 73.7 cm³/mol. The van der Waals surface area contributed by atoms with Gasteiger partial charge in [-0.05, 0) is 30.7 Å². The van der Waals surface area contributed by atoms with E-state index in [4.69, 9.17) is 0 Å². The molecule has 0 saturated heterocycles. The molecule has 1 amide bonds. The number of hydrogen-bond acceptors (Lipinski definition) is 3. The van der Waals surface area contributed by atoms with Gasteiger partial charge in [-0.3, -0.25) is 4.79 Å². The summed E-state index contributed by atoms with van der Waals surface area (Å²) in [5.74, 6) is -0.0176. The lowest BCUT2D eigenvalue weighted by atomic mass is 9.82. The number of carbonyl (C=O) groups excluding carboxylic acids is 1. The minimum atomic E-state index is -0.745. The first kappa shape index (κ1) is 13.6. The van der Waals surface area contributed by atoms with Crippen LogP contribution in [-0.4, -0.2) is 23.2 Å². The van der Waals surface area contributed by atoms with Crippen LogP contribution in [0.4, 0.5) is 0 Å². The highest BCUT2D eigenvalue weighted by Gasteiger charge is 2.31. The van der Waals surface area contributed by atoms with Crippen molar-refractivity contribution in [1.29, 1.82) is 0 Å². The van der Waals surface area contributed by atoms with Gasteiger partial charge < -0.3 is 10.4 Å². The molecule has 1 heterocycles. The van der Waals surface area contributed by atoms with Crippen LogP contribution in [-0.2, 0) is 11.2 Å². The van der Waals surface area contributed by atoms with Crippen LogP contribution in [0.15, 0.2) is 17.5 Å². The molecule has 100 valence electrons. The van der Waals surface area contributed by atoms with Crippen molar-refractivity contribution in [3.63, 3.8) is 0 Å². The number of aliphatic hydroxyl groups is 1. The largest absolute Gasteiger partial charge is 0.389 e. The fourth-order valence-electron chi connectivity index (χ4n) is 2.53. The molecule has 1 aliphatic rings. The van der Waals surface area contributed by atoms with Gasteiger partial charge in [0.2, 0.25) is 5.91 Å². The quantitative estimate of drug-likeness (QED) is 0.861. The molecule has 3 nitrogen and oxygen atoms in total. The molecule has 0 spiro atoms.